The first-order valence-electron chi connectivity index (χ1n) is 6.71. The van der Waals surface area contributed by atoms with E-state index < -0.39 is 6.04 Å². The minimum Gasteiger partial charge on any atom is -0.465 e. The molecule has 6 nitrogen and oxygen atoms in total. The van der Waals surface area contributed by atoms with Crippen LogP contribution in [0.4, 0.5) is 0 Å². The molecular weight excluding hydrogens is 232 g/mol. The smallest absolute Gasteiger partial charge is 0.323 e. The van der Waals surface area contributed by atoms with Gasteiger partial charge >= 0.3 is 5.97 Å². The minimum atomic E-state index is -0.510. The molecule has 1 N–H and O–H groups in total. The van der Waals surface area contributed by atoms with Crippen LogP contribution in [0.15, 0.2) is 5.11 Å². The summed E-state index contributed by atoms with van der Waals surface area (Å²) in [6.07, 6.45) is 7.05. The molecule has 1 aliphatic rings. The van der Waals surface area contributed by atoms with E-state index in [1.54, 1.807) is 6.92 Å². The topological polar surface area (TPSA) is 87.1 Å². The summed E-state index contributed by atoms with van der Waals surface area (Å²) in [6, 6.07) is -0.181. The van der Waals surface area contributed by atoms with Crippen LogP contribution in [-0.4, -0.2) is 31.2 Å². The lowest BCUT2D eigenvalue weighted by Gasteiger charge is -2.22. The Morgan fingerprint density at radius 2 is 2.11 bits per heavy atom. The molecule has 18 heavy (non-hydrogen) atoms. The summed E-state index contributed by atoms with van der Waals surface area (Å²) in [5, 5.41) is 6.76. The zero-order valence-corrected chi connectivity index (χ0v) is 11.0. The van der Waals surface area contributed by atoms with E-state index in [0.29, 0.717) is 12.6 Å². The fourth-order valence-corrected chi connectivity index (χ4v) is 2.29. The highest BCUT2D eigenvalue weighted by Gasteiger charge is 2.23. The van der Waals surface area contributed by atoms with Crippen LogP contribution in [0.5, 0.6) is 0 Å². The number of nitrogens with one attached hydrogen (secondary N) is 1. The van der Waals surface area contributed by atoms with Gasteiger partial charge in [0.1, 0.15) is 6.04 Å². The molecule has 0 radical (unpaired) electrons. The first-order chi connectivity index (χ1) is 8.77. The summed E-state index contributed by atoms with van der Waals surface area (Å²) in [5.74, 6) is -0.325. The second-order valence-corrected chi connectivity index (χ2v) is 4.57. The molecule has 1 saturated carbocycles. The second kappa shape index (κ2) is 8.78. The number of carbonyl (C=O) groups excluding carboxylic acids is 1. The SMILES string of the molecule is CCOC(=O)C(CN=[N+]=[N-])NC1CCCCCC1. The number of carbonyl (C=O) groups is 1. The third-order valence-corrected chi connectivity index (χ3v) is 3.19. The number of ether oxygens (including phenoxy) is 1. The molecule has 1 fully saturated rings. The van der Waals surface area contributed by atoms with E-state index in [2.05, 4.69) is 15.3 Å². The predicted octanol–water partition coefficient (Wildman–Crippen LogP) is 2.54. The monoisotopic (exact) mass is 254 g/mol. The summed E-state index contributed by atoms with van der Waals surface area (Å²) in [4.78, 5) is 14.4. The summed E-state index contributed by atoms with van der Waals surface area (Å²) in [5.41, 5.74) is 8.36. The van der Waals surface area contributed by atoms with E-state index >= 15 is 0 Å². The number of azide groups is 1. The fraction of sp³-hybridized carbons (Fsp3) is 0.917. The van der Waals surface area contributed by atoms with E-state index in [4.69, 9.17) is 10.3 Å². The van der Waals surface area contributed by atoms with Gasteiger partial charge in [0.2, 0.25) is 0 Å². The van der Waals surface area contributed by atoms with Crippen molar-refractivity contribution in [2.24, 2.45) is 5.11 Å². The molecule has 6 heteroatoms. The van der Waals surface area contributed by atoms with Gasteiger partial charge in [0, 0.05) is 11.0 Å². The number of esters is 1. The van der Waals surface area contributed by atoms with E-state index in [1.165, 1.54) is 25.7 Å². The molecule has 1 rings (SSSR count). The van der Waals surface area contributed by atoms with Crippen LogP contribution in [0.3, 0.4) is 0 Å². The van der Waals surface area contributed by atoms with Crippen LogP contribution in [-0.2, 0) is 9.53 Å². The third-order valence-electron chi connectivity index (χ3n) is 3.19. The molecule has 0 spiro atoms. The molecule has 0 heterocycles. The van der Waals surface area contributed by atoms with Crippen molar-refractivity contribution < 1.29 is 9.53 Å². The van der Waals surface area contributed by atoms with E-state index in [-0.39, 0.29) is 12.5 Å². The summed E-state index contributed by atoms with van der Waals surface area (Å²) >= 11 is 0. The molecule has 1 unspecified atom stereocenters. The number of hydrogen-bond acceptors (Lipinski definition) is 4. The van der Waals surface area contributed by atoms with Gasteiger partial charge in [-0.2, -0.15) is 0 Å². The minimum absolute atomic E-state index is 0.117. The Hall–Kier alpha value is -1.26. The van der Waals surface area contributed by atoms with Crippen LogP contribution in [0, 0.1) is 0 Å². The Balaban J connectivity index is 2.52. The highest BCUT2D eigenvalue weighted by Crippen LogP contribution is 2.17. The molecule has 0 aromatic heterocycles. The quantitative estimate of drug-likeness (QED) is 0.260. The van der Waals surface area contributed by atoms with E-state index in [0.717, 1.165) is 12.8 Å². The lowest BCUT2D eigenvalue weighted by atomic mass is 10.1. The Morgan fingerprint density at radius 3 is 2.67 bits per heavy atom. The first kappa shape index (κ1) is 14.8. The normalized spacial score (nSPS) is 18.5. The predicted molar refractivity (Wildman–Crippen MR) is 69.1 cm³/mol. The van der Waals surface area contributed by atoms with Crippen LogP contribution in [0.2, 0.25) is 0 Å². The molecule has 0 aromatic carbocycles. The van der Waals surface area contributed by atoms with Crippen LogP contribution < -0.4 is 5.32 Å². The molecule has 0 saturated heterocycles. The van der Waals surface area contributed by atoms with Gasteiger partial charge in [-0.25, -0.2) is 0 Å². The maximum atomic E-state index is 11.7. The summed E-state index contributed by atoms with van der Waals surface area (Å²) in [6.45, 7) is 2.23. The summed E-state index contributed by atoms with van der Waals surface area (Å²) in [7, 11) is 0. The number of hydrogen-bond donors (Lipinski definition) is 1. The lowest BCUT2D eigenvalue weighted by Crippen LogP contribution is -2.46. The molecule has 0 amide bonds. The molecule has 0 aromatic rings. The van der Waals surface area contributed by atoms with Gasteiger partial charge in [0.25, 0.3) is 0 Å². The van der Waals surface area contributed by atoms with Crippen molar-refractivity contribution in [1.29, 1.82) is 0 Å². The largest absolute Gasteiger partial charge is 0.465 e. The van der Waals surface area contributed by atoms with Gasteiger partial charge in [-0.1, -0.05) is 30.8 Å². The average molecular weight is 254 g/mol. The standard InChI is InChI=1S/C12H22N4O2/c1-2-18-12(17)11(9-14-16-13)15-10-7-5-3-4-6-8-10/h10-11,15H,2-9H2,1H3. The van der Waals surface area contributed by atoms with Crippen molar-refractivity contribution in [3.05, 3.63) is 10.4 Å². The van der Waals surface area contributed by atoms with Gasteiger partial charge < -0.3 is 10.1 Å². The maximum Gasteiger partial charge on any atom is 0.323 e. The third kappa shape index (κ3) is 5.38. The number of rotatable bonds is 6. The summed E-state index contributed by atoms with van der Waals surface area (Å²) < 4.78 is 4.99. The molecule has 0 aliphatic heterocycles. The van der Waals surface area contributed by atoms with Gasteiger partial charge in [0.05, 0.1) is 13.2 Å². The van der Waals surface area contributed by atoms with Gasteiger partial charge in [-0.3, -0.25) is 4.79 Å². The Labute approximate surface area is 108 Å². The van der Waals surface area contributed by atoms with Crippen LogP contribution in [0.25, 0.3) is 10.4 Å². The van der Waals surface area contributed by atoms with Crippen molar-refractivity contribution in [3.8, 4) is 0 Å². The Kier molecular flexibility index (Phi) is 7.22. The molecular formula is C12H22N4O2. The highest BCUT2D eigenvalue weighted by molar-refractivity contribution is 5.76. The van der Waals surface area contributed by atoms with Crippen LogP contribution in [0.1, 0.15) is 45.4 Å². The van der Waals surface area contributed by atoms with E-state index in [9.17, 15) is 4.79 Å². The molecule has 102 valence electrons. The number of nitrogens with zero attached hydrogens (tertiary/aromatic N) is 3. The zero-order chi connectivity index (χ0) is 13.2. The maximum absolute atomic E-state index is 11.7. The molecule has 0 bridgehead atoms. The molecule has 1 atom stereocenters. The van der Waals surface area contributed by atoms with Gasteiger partial charge in [-0.05, 0) is 25.3 Å². The van der Waals surface area contributed by atoms with Crippen molar-refractivity contribution >= 4 is 5.97 Å². The van der Waals surface area contributed by atoms with E-state index in [1.807, 2.05) is 0 Å². The van der Waals surface area contributed by atoms with Crippen molar-refractivity contribution in [2.75, 3.05) is 13.2 Å². The fourth-order valence-electron chi connectivity index (χ4n) is 2.29. The molecule has 1 aliphatic carbocycles. The van der Waals surface area contributed by atoms with Crippen LogP contribution >= 0.6 is 0 Å². The van der Waals surface area contributed by atoms with Crippen molar-refractivity contribution in [2.45, 2.75) is 57.5 Å². The average Bonchev–Trinajstić information content (AvgIpc) is 2.63. The van der Waals surface area contributed by atoms with Crippen molar-refractivity contribution in [3.63, 3.8) is 0 Å². The zero-order valence-electron chi connectivity index (χ0n) is 11.0. The van der Waals surface area contributed by atoms with Gasteiger partial charge in [0.15, 0.2) is 0 Å². The Bertz CT molecular complexity index is 294. The Morgan fingerprint density at radius 1 is 1.44 bits per heavy atom. The van der Waals surface area contributed by atoms with Gasteiger partial charge in [-0.15, -0.1) is 0 Å². The lowest BCUT2D eigenvalue weighted by molar-refractivity contribution is -0.145. The second-order valence-electron chi connectivity index (χ2n) is 4.57. The first-order valence-corrected chi connectivity index (χ1v) is 6.71. The highest BCUT2D eigenvalue weighted by atomic mass is 16.5. The van der Waals surface area contributed by atoms with Crippen molar-refractivity contribution in [1.82, 2.24) is 5.32 Å².